The van der Waals surface area contributed by atoms with Gasteiger partial charge in [0.25, 0.3) is 0 Å². The monoisotopic (exact) mass is 311 g/mol. The molecule has 1 N–H and O–H groups in total. The van der Waals surface area contributed by atoms with Crippen LogP contribution in [0.2, 0.25) is 0 Å². The van der Waals surface area contributed by atoms with Gasteiger partial charge in [-0.05, 0) is 19.8 Å². The summed E-state index contributed by atoms with van der Waals surface area (Å²) in [6, 6.07) is 0. The lowest BCUT2D eigenvalue weighted by Crippen LogP contribution is -2.31. The van der Waals surface area contributed by atoms with E-state index in [0.29, 0.717) is 12.8 Å². The maximum Gasteiger partial charge on any atom is 0.220 e. The first kappa shape index (κ1) is 20.8. The zero-order chi connectivity index (χ0) is 16.8. The number of Topliss-reactive ketones (excluding diaryl/α,β-unsaturated/α-hetero) is 2. The van der Waals surface area contributed by atoms with E-state index >= 15 is 0 Å². The van der Waals surface area contributed by atoms with Crippen molar-refractivity contribution >= 4 is 17.5 Å². The smallest absolute Gasteiger partial charge is 0.220 e. The van der Waals surface area contributed by atoms with Crippen LogP contribution >= 0.6 is 0 Å². The molecule has 0 aliphatic carbocycles. The number of hydrogen-bond donors (Lipinski definition) is 1. The van der Waals surface area contributed by atoms with Crippen molar-refractivity contribution in [2.24, 2.45) is 5.92 Å². The summed E-state index contributed by atoms with van der Waals surface area (Å²) in [7, 11) is 0. The molecule has 0 rings (SSSR count). The zero-order valence-corrected chi connectivity index (χ0v) is 14.6. The summed E-state index contributed by atoms with van der Waals surface area (Å²) in [5.41, 5.74) is 0. The Balaban J connectivity index is 3.30. The maximum absolute atomic E-state index is 11.5. The molecule has 4 nitrogen and oxygen atoms in total. The summed E-state index contributed by atoms with van der Waals surface area (Å²) in [5, 5.41) is 2.68. The molecule has 1 amide bonds. The molecule has 0 atom stereocenters. The normalized spacial score (nSPS) is 10.7. The fraction of sp³-hybridized carbons (Fsp3) is 0.833. The number of ketones is 2. The molecule has 0 radical (unpaired) electrons. The fourth-order valence-corrected chi connectivity index (χ4v) is 2.20. The van der Waals surface area contributed by atoms with Crippen molar-refractivity contribution in [3.8, 4) is 0 Å². The van der Waals surface area contributed by atoms with Crippen molar-refractivity contribution in [1.29, 1.82) is 0 Å². The van der Waals surface area contributed by atoms with Crippen LogP contribution in [0, 0.1) is 5.92 Å². The number of amides is 1. The van der Waals surface area contributed by atoms with Crippen LogP contribution in [0.5, 0.6) is 0 Å². The van der Waals surface area contributed by atoms with Crippen molar-refractivity contribution in [2.75, 3.05) is 6.54 Å². The molecule has 128 valence electrons. The van der Waals surface area contributed by atoms with Crippen molar-refractivity contribution in [3.05, 3.63) is 0 Å². The van der Waals surface area contributed by atoms with Gasteiger partial charge in [-0.1, -0.05) is 52.4 Å². The van der Waals surface area contributed by atoms with Crippen LogP contribution in [-0.4, -0.2) is 24.0 Å². The second kappa shape index (κ2) is 13.5. The van der Waals surface area contributed by atoms with E-state index in [1.807, 2.05) is 13.8 Å². The lowest BCUT2D eigenvalue weighted by atomic mass is 10.1. The van der Waals surface area contributed by atoms with E-state index in [9.17, 15) is 14.4 Å². The third kappa shape index (κ3) is 13.8. The summed E-state index contributed by atoms with van der Waals surface area (Å²) in [5.74, 6) is 0.334. The standard InChI is InChI=1S/C18H33NO3/c1-15(2)17(21)14-19-18(22)13-11-9-7-5-4-6-8-10-12-16(3)20/h15H,4-14H2,1-3H3,(H,19,22). The third-order valence-corrected chi connectivity index (χ3v) is 3.79. The Bertz CT molecular complexity index is 337. The summed E-state index contributed by atoms with van der Waals surface area (Å²) >= 11 is 0. The molecule has 0 aromatic heterocycles. The first-order valence-corrected chi connectivity index (χ1v) is 8.72. The predicted octanol–water partition coefficient (Wildman–Crippen LogP) is 3.82. The Morgan fingerprint density at radius 2 is 1.23 bits per heavy atom. The summed E-state index contributed by atoms with van der Waals surface area (Å²) < 4.78 is 0. The van der Waals surface area contributed by atoms with Crippen LogP contribution in [0.3, 0.4) is 0 Å². The molecule has 0 aromatic carbocycles. The van der Waals surface area contributed by atoms with Crippen molar-refractivity contribution in [3.63, 3.8) is 0 Å². The average molecular weight is 311 g/mol. The second-order valence-corrected chi connectivity index (χ2v) is 6.43. The molecule has 0 aliphatic heterocycles. The van der Waals surface area contributed by atoms with Gasteiger partial charge in [0.2, 0.25) is 5.91 Å². The van der Waals surface area contributed by atoms with Gasteiger partial charge >= 0.3 is 0 Å². The summed E-state index contributed by atoms with van der Waals surface area (Å²) in [6.07, 6.45) is 10.1. The SMILES string of the molecule is CC(=O)CCCCCCCCCCC(=O)NCC(=O)C(C)C. The van der Waals surface area contributed by atoms with Gasteiger partial charge < -0.3 is 10.1 Å². The molecular formula is C18H33NO3. The molecule has 0 saturated carbocycles. The van der Waals surface area contributed by atoms with Gasteiger partial charge in [-0.3, -0.25) is 9.59 Å². The molecule has 0 saturated heterocycles. The second-order valence-electron chi connectivity index (χ2n) is 6.43. The van der Waals surface area contributed by atoms with Crippen LogP contribution in [0.1, 0.15) is 85.0 Å². The maximum atomic E-state index is 11.5. The number of carbonyl (C=O) groups is 3. The van der Waals surface area contributed by atoms with Crippen LogP contribution in [-0.2, 0) is 14.4 Å². The number of carbonyl (C=O) groups excluding carboxylic acids is 3. The summed E-state index contributed by atoms with van der Waals surface area (Å²) in [6.45, 7) is 5.49. The Morgan fingerprint density at radius 3 is 1.68 bits per heavy atom. The molecule has 0 bridgehead atoms. The third-order valence-electron chi connectivity index (χ3n) is 3.79. The number of rotatable bonds is 14. The zero-order valence-electron chi connectivity index (χ0n) is 14.6. The average Bonchev–Trinajstić information content (AvgIpc) is 2.46. The van der Waals surface area contributed by atoms with Gasteiger partial charge in [-0.2, -0.15) is 0 Å². The largest absolute Gasteiger partial charge is 0.349 e. The van der Waals surface area contributed by atoms with Crippen LogP contribution in [0.25, 0.3) is 0 Å². The Labute approximate surface area is 135 Å². The number of nitrogens with one attached hydrogen (secondary N) is 1. The minimum absolute atomic E-state index is 0.0155. The first-order valence-electron chi connectivity index (χ1n) is 8.72. The number of unbranched alkanes of at least 4 members (excludes halogenated alkanes) is 7. The molecule has 22 heavy (non-hydrogen) atoms. The number of hydrogen-bond acceptors (Lipinski definition) is 3. The van der Waals surface area contributed by atoms with Gasteiger partial charge in [-0.25, -0.2) is 0 Å². The van der Waals surface area contributed by atoms with E-state index in [0.717, 1.165) is 32.1 Å². The van der Waals surface area contributed by atoms with E-state index in [4.69, 9.17) is 0 Å². The fourth-order valence-electron chi connectivity index (χ4n) is 2.20. The molecule has 0 unspecified atom stereocenters. The minimum Gasteiger partial charge on any atom is -0.349 e. The van der Waals surface area contributed by atoms with Gasteiger partial charge in [0.15, 0.2) is 5.78 Å². The minimum atomic E-state index is -0.0178. The van der Waals surface area contributed by atoms with Gasteiger partial charge in [0.05, 0.1) is 6.54 Å². The van der Waals surface area contributed by atoms with Crippen molar-refractivity contribution < 1.29 is 14.4 Å². The predicted molar refractivity (Wildman–Crippen MR) is 89.7 cm³/mol. The topological polar surface area (TPSA) is 63.2 Å². The molecule has 0 heterocycles. The Morgan fingerprint density at radius 1 is 0.773 bits per heavy atom. The molecule has 0 spiro atoms. The summed E-state index contributed by atoms with van der Waals surface area (Å²) in [4.78, 5) is 33.7. The highest BCUT2D eigenvalue weighted by atomic mass is 16.2. The Kier molecular flexibility index (Phi) is 12.7. The van der Waals surface area contributed by atoms with Crippen molar-refractivity contribution in [2.45, 2.75) is 85.0 Å². The van der Waals surface area contributed by atoms with Crippen molar-refractivity contribution in [1.82, 2.24) is 5.32 Å². The van der Waals surface area contributed by atoms with E-state index in [2.05, 4.69) is 5.32 Å². The van der Waals surface area contributed by atoms with E-state index in [1.165, 1.54) is 19.3 Å². The molecule has 0 aromatic rings. The highest BCUT2D eigenvalue weighted by Gasteiger charge is 2.08. The Hall–Kier alpha value is -1.19. The van der Waals surface area contributed by atoms with Crippen LogP contribution in [0.4, 0.5) is 0 Å². The lowest BCUT2D eigenvalue weighted by Gasteiger charge is -2.06. The van der Waals surface area contributed by atoms with E-state index < -0.39 is 0 Å². The van der Waals surface area contributed by atoms with Gasteiger partial charge in [-0.15, -0.1) is 0 Å². The highest BCUT2D eigenvalue weighted by Crippen LogP contribution is 2.10. The molecular weight excluding hydrogens is 278 g/mol. The lowest BCUT2D eigenvalue weighted by molar-refractivity contribution is -0.126. The van der Waals surface area contributed by atoms with Crippen LogP contribution < -0.4 is 5.32 Å². The molecule has 0 fully saturated rings. The molecule has 4 heteroatoms. The van der Waals surface area contributed by atoms with E-state index in [-0.39, 0.29) is 29.9 Å². The quantitative estimate of drug-likeness (QED) is 0.496. The van der Waals surface area contributed by atoms with E-state index in [1.54, 1.807) is 6.92 Å². The highest BCUT2D eigenvalue weighted by molar-refractivity contribution is 5.87. The van der Waals surface area contributed by atoms with Gasteiger partial charge in [0.1, 0.15) is 5.78 Å². The molecule has 0 aliphatic rings. The first-order chi connectivity index (χ1) is 10.4. The van der Waals surface area contributed by atoms with Gasteiger partial charge in [0, 0.05) is 18.8 Å². The van der Waals surface area contributed by atoms with Crippen LogP contribution in [0.15, 0.2) is 0 Å².